The summed E-state index contributed by atoms with van der Waals surface area (Å²) in [5.74, 6) is -0.153. The van der Waals surface area contributed by atoms with Crippen LogP contribution in [0.1, 0.15) is 18.1 Å². The van der Waals surface area contributed by atoms with Gasteiger partial charge in [0.2, 0.25) is 5.91 Å². The number of para-hydroxylation sites is 1. The summed E-state index contributed by atoms with van der Waals surface area (Å²) < 4.78 is 5.05. The van der Waals surface area contributed by atoms with Crippen molar-refractivity contribution in [2.24, 2.45) is 5.41 Å². The number of hydrogen-bond donors (Lipinski definition) is 2. The first-order valence-electron chi connectivity index (χ1n) is 6.21. The number of aryl methyl sites for hydroxylation is 2. The van der Waals surface area contributed by atoms with E-state index in [0.717, 1.165) is 23.2 Å². The third-order valence-electron chi connectivity index (χ3n) is 3.52. The number of anilines is 1. The van der Waals surface area contributed by atoms with Crippen LogP contribution >= 0.6 is 0 Å². The quantitative estimate of drug-likeness (QED) is 0.850. The lowest BCUT2D eigenvalue weighted by molar-refractivity contribution is -0.164. The number of ether oxygens (including phenoxy) is 1. The van der Waals surface area contributed by atoms with Crippen LogP contribution in [0, 0.1) is 12.3 Å². The smallest absolute Gasteiger partial charge is 0.237 e. The fourth-order valence-electron chi connectivity index (χ4n) is 2.09. The number of benzene rings is 1. The average molecular weight is 249 g/mol. The van der Waals surface area contributed by atoms with Gasteiger partial charge in [0.15, 0.2) is 0 Å². The maximum atomic E-state index is 12.2. The first kappa shape index (κ1) is 13.1. The molecule has 4 heteroatoms. The fourth-order valence-corrected chi connectivity index (χ4v) is 2.09. The summed E-state index contributed by atoms with van der Waals surface area (Å²) in [5.41, 5.74) is 2.25. The second-order valence-corrected chi connectivity index (χ2v) is 4.85. The highest BCUT2D eigenvalue weighted by Crippen LogP contribution is 2.30. The van der Waals surface area contributed by atoms with Gasteiger partial charge in [0, 0.05) is 5.69 Å². The maximum absolute atomic E-state index is 12.2. The van der Waals surface area contributed by atoms with Crippen LogP contribution in [0.25, 0.3) is 0 Å². The monoisotopic (exact) mass is 249 g/mol. The zero-order valence-corrected chi connectivity index (χ0v) is 10.8. The number of hydrogen-bond acceptors (Lipinski definition) is 3. The summed E-state index contributed by atoms with van der Waals surface area (Å²) in [4.78, 5) is 12.2. The molecular formula is C14H19NO3. The molecule has 1 fully saturated rings. The largest absolute Gasteiger partial charge is 0.395 e. The minimum Gasteiger partial charge on any atom is -0.395 e. The highest BCUT2D eigenvalue weighted by molar-refractivity contribution is 5.97. The summed E-state index contributed by atoms with van der Waals surface area (Å²) >= 11 is 0. The molecule has 1 aliphatic heterocycles. The van der Waals surface area contributed by atoms with E-state index in [4.69, 9.17) is 4.74 Å². The van der Waals surface area contributed by atoms with Crippen molar-refractivity contribution in [2.75, 3.05) is 25.1 Å². The number of carbonyl (C=O) groups excluding carboxylic acids is 1. The van der Waals surface area contributed by atoms with Gasteiger partial charge >= 0.3 is 0 Å². The van der Waals surface area contributed by atoms with E-state index in [9.17, 15) is 9.90 Å². The first-order valence-corrected chi connectivity index (χ1v) is 6.21. The van der Waals surface area contributed by atoms with Gasteiger partial charge in [-0.1, -0.05) is 25.1 Å². The van der Waals surface area contributed by atoms with Crippen LogP contribution in [0.4, 0.5) is 5.69 Å². The lowest BCUT2D eigenvalue weighted by Crippen LogP contribution is -2.54. The summed E-state index contributed by atoms with van der Waals surface area (Å²) in [7, 11) is 0. The summed E-state index contributed by atoms with van der Waals surface area (Å²) in [6, 6.07) is 5.96. The Morgan fingerprint density at radius 1 is 1.50 bits per heavy atom. The molecule has 1 aromatic rings. The van der Waals surface area contributed by atoms with Gasteiger partial charge in [-0.05, 0) is 24.5 Å². The van der Waals surface area contributed by atoms with Crippen molar-refractivity contribution in [2.45, 2.75) is 20.3 Å². The molecule has 1 aliphatic rings. The molecule has 1 amide bonds. The molecule has 1 saturated heterocycles. The van der Waals surface area contributed by atoms with Gasteiger partial charge in [0.1, 0.15) is 5.41 Å². The molecule has 0 spiro atoms. The van der Waals surface area contributed by atoms with Gasteiger partial charge in [-0.25, -0.2) is 0 Å². The Hall–Kier alpha value is -1.39. The second kappa shape index (κ2) is 5.08. The molecule has 1 heterocycles. The van der Waals surface area contributed by atoms with E-state index in [1.54, 1.807) is 0 Å². The molecular weight excluding hydrogens is 230 g/mol. The molecule has 4 nitrogen and oxygen atoms in total. The van der Waals surface area contributed by atoms with E-state index in [0.29, 0.717) is 13.2 Å². The highest BCUT2D eigenvalue weighted by atomic mass is 16.5. The minimum atomic E-state index is -0.757. The maximum Gasteiger partial charge on any atom is 0.237 e. The molecule has 0 unspecified atom stereocenters. The van der Waals surface area contributed by atoms with Crippen LogP contribution < -0.4 is 5.32 Å². The third kappa shape index (κ3) is 2.13. The van der Waals surface area contributed by atoms with E-state index in [1.165, 1.54) is 0 Å². The van der Waals surface area contributed by atoms with Crippen molar-refractivity contribution in [1.29, 1.82) is 0 Å². The Morgan fingerprint density at radius 3 is 2.72 bits per heavy atom. The molecule has 1 aromatic carbocycles. The normalized spacial score (nSPS) is 17.1. The van der Waals surface area contributed by atoms with Crippen molar-refractivity contribution in [1.82, 2.24) is 0 Å². The van der Waals surface area contributed by atoms with Crippen LogP contribution in [0.3, 0.4) is 0 Å². The summed E-state index contributed by atoms with van der Waals surface area (Å²) in [6.07, 6.45) is 0.861. The number of rotatable bonds is 4. The van der Waals surface area contributed by atoms with Gasteiger partial charge in [-0.15, -0.1) is 0 Å². The van der Waals surface area contributed by atoms with Gasteiger partial charge in [0.05, 0.1) is 19.8 Å². The van der Waals surface area contributed by atoms with Gasteiger partial charge in [-0.3, -0.25) is 4.79 Å². The van der Waals surface area contributed by atoms with Crippen molar-refractivity contribution in [3.8, 4) is 0 Å². The third-order valence-corrected chi connectivity index (χ3v) is 3.52. The van der Waals surface area contributed by atoms with Crippen molar-refractivity contribution >= 4 is 11.6 Å². The zero-order chi connectivity index (χ0) is 13.2. The molecule has 98 valence electrons. The molecule has 2 rings (SSSR count). The molecule has 0 aliphatic carbocycles. The van der Waals surface area contributed by atoms with E-state index < -0.39 is 5.41 Å². The second-order valence-electron chi connectivity index (χ2n) is 4.85. The molecule has 0 radical (unpaired) electrons. The molecule has 18 heavy (non-hydrogen) atoms. The lowest BCUT2D eigenvalue weighted by atomic mass is 9.85. The van der Waals surface area contributed by atoms with Gasteiger partial charge < -0.3 is 15.2 Å². The van der Waals surface area contributed by atoms with Crippen LogP contribution in [-0.2, 0) is 16.0 Å². The van der Waals surface area contributed by atoms with Gasteiger partial charge in [-0.2, -0.15) is 0 Å². The first-order chi connectivity index (χ1) is 8.63. The Bertz CT molecular complexity index is 447. The number of aliphatic hydroxyl groups excluding tert-OH is 1. The molecule has 0 saturated carbocycles. The molecule has 0 atom stereocenters. The molecule has 2 N–H and O–H groups in total. The highest BCUT2D eigenvalue weighted by Gasteiger charge is 2.45. The van der Waals surface area contributed by atoms with Gasteiger partial charge in [0.25, 0.3) is 0 Å². The zero-order valence-electron chi connectivity index (χ0n) is 10.8. The predicted octanol–water partition coefficient (Wildman–Crippen LogP) is 1.50. The van der Waals surface area contributed by atoms with E-state index in [1.807, 2.05) is 25.1 Å². The SMILES string of the molecule is CCc1cccc(C)c1NC(=O)C1(CO)COC1. The van der Waals surface area contributed by atoms with Crippen molar-refractivity contribution in [3.63, 3.8) is 0 Å². The Labute approximate surface area is 107 Å². The number of amides is 1. The van der Waals surface area contributed by atoms with E-state index in [2.05, 4.69) is 12.2 Å². The molecule has 0 bridgehead atoms. The topological polar surface area (TPSA) is 58.6 Å². The van der Waals surface area contributed by atoms with E-state index >= 15 is 0 Å². The van der Waals surface area contributed by atoms with Crippen LogP contribution in [0.15, 0.2) is 18.2 Å². The standard InChI is InChI=1S/C14H19NO3/c1-3-11-6-4-5-10(2)12(11)15-13(17)14(7-16)8-18-9-14/h4-6,16H,3,7-9H2,1-2H3,(H,15,17). The Morgan fingerprint density at radius 2 is 2.22 bits per heavy atom. The Kier molecular flexibility index (Phi) is 3.68. The number of carbonyl (C=O) groups is 1. The number of aliphatic hydroxyl groups is 1. The minimum absolute atomic E-state index is 0.153. The van der Waals surface area contributed by atoms with Crippen LogP contribution in [-0.4, -0.2) is 30.8 Å². The fraction of sp³-hybridized carbons (Fsp3) is 0.500. The predicted molar refractivity (Wildman–Crippen MR) is 69.5 cm³/mol. The van der Waals surface area contributed by atoms with Crippen LogP contribution in [0.5, 0.6) is 0 Å². The van der Waals surface area contributed by atoms with Crippen LogP contribution in [0.2, 0.25) is 0 Å². The number of nitrogens with one attached hydrogen (secondary N) is 1. The summed E-state index contributed by atoms with van der Waals surface area (Å²) in [5, 5.41) is 12.3. The van der Waals surface area contributed by atoms with E-state index in [-0.39, 0.29) is 12.5 Å². The van der Waals surface area contributed by atoms with Crippen molar-refractivity contribution < 1.29 is 14.6 Å². The van der Waals surface area contributed by atoms with Crippen molar-refractivity contribution in [3.05, 3.63) is 29.3 Å². The molecule has 0 aromatic heterocycles. The average Bonchev–Trinajstić information content (AvgIpc) is 2.31. The summed E-state index contributed by atoms with van der Waals surface area (Å²) in [6.45, 7) is 4.44. The lowest BCUT2D eigenvalue weighted by Gasteiger charge is -2.38. The Balaban J connectivity index is 2.21.